The molecule has 3 N–H and O–H groups in total. The summed E-state index contributed by atoms with van der Waals surface area (Å²) in [5, 5.41) is 23.1. The van der Waals surface area contributed by atoms with E-state index in [2.05, 4.69) is 5.32 Å². The maximum Gasteiger partial charge on any atom is 0.370 e. The lowest BCUT2D eigenvalue weighted by Gasteiger charge is -2.39. The zero-order valence-electron chi connectivity index (χ0n) is 19.4. The predicted molar refractivity (Wildman–Crippen MR) is 127 cm³/mol. The molecule has 1 heterocycles. The van der Waals surface area contributed by atoms with E-state index in [0.29, 0.717) is 25.9 Å². The third-order valence-electron chi connectivity index (χ3n) is 5.73. The second-order valence-corrected chi connectivity index (χ2v) is 8.31. The van der Waals surface area contributed by atoms with Crippen molar-refractivity contribution in [1.29, 1.82) is 0 Å². The second kappa shape index (κ2) is 11.0. The van der Waals surface area contributed by atoms with Crippen LogP contribution in [0.25, 0.3) is 11.1 Å². The van der Waals surface area contributed by atoms with Crippen LogP contribution in [0.3, 0.4) is 0 Å². The Morgan fingerprint density at radius 1 is 1.06 bits per heavy atom. The van der Waals surface area contributed by atoms with E-state index < -0.39 is 35.2 Å². The molecule has 8 nitrogen and oxygen atoms in total. The average molecular weight is 467 g/mol. The molecular formula is C26H30N2O6. The van der Waals surface area contributed by atoms with Crippen molar-refractivity contribution in [2.75, 3.05) is 19.7 Å². The smallest absolute Gasteiger partial charge is 0.370 e. The lowest BCUT2D eigenvalue weighted by Crippen LogP contribution is -2.64. The number of amides is 2. The Kier molecular flexibility index (Phi) is 8.07. The van der Waals surface area contributed by atoms with Gasteiger partial charge in [-0.3, -0.25) is 9.59 Å². The van der Waals surface area contributed by atoms with Crippen LogP contribution in [0.2, 0.25) is 0 Å². The quantitative estimate of drug-likeness (QED) is 0.523. The van der Waals surface area contributed by atoms with Crippen molar-refractivity contribution in [2.45, 2.75) is 38.3 Å². The Hall–Kier alpha value is -3.65. The molecule has 0 fully saturated rings. The molecule has 180 valence electrons. The number of benzene rings is 2. The van der Waals surface area contributed by atoms with Crippen LogP contribution < -0.4 is 5.32 Å². The highest BCUT2D eigenvalue weighted by atomic mass is 16.5. The van der Waals surface area contributed by atoms with E-state index >= 15 is 0 Å². The molecule has 0 unspecified atom stereocenters. The number of rotatable bonds is 9. The molecule has 1 aliphatic heterocycles. The minimum absolute atomic E-state index is 0.323. The van der Waals surface area contributed by atoms with Crippen molar-refractivity contribution >= 4 is 17.8 Å². The summed E-state index contributed by atoms with van der Waals surface area (Å²) in [6.45, 7) is 3.52. The van der Waals surface area contributed by atoms with Gasteiger partial charge in [0.05, 0.1) is 0 Å². The lowest BCUT2D eigenvalue weighted by atomic mass is 9.89. The number of ether oxygens (including phenoxy) is 1. The van der Waals surface area contributed by atoms with Gasteiger partial charge in [0, 0.05) is 26.1 Å². The molecule has 0 bridgehead atoms. The van der Waals surface area contributed by atoms with Crippen molar-refractivity contribution in [3.63, 3.8) is 0 Å². The maximum atomic E-state index is 13.5. The number of aliphatic carboxylic acids is 1. The average Bonchev–Trinajstić information content (AvgIpc) is 2.83. The minimum Gasteiger partial charge on any atom is -0.484 e. The summed E-state index contributed by atoms with van der Waals surface area (Å²) in [6, 6.07) is 17.0. The van der Waals surface area contributed by atoms with Crippen molar-refractivity contribution in [3.05, 3.63) is 72.0 Å². The molecule has 0 radical (unpaired) electrons. The van der Waals surface area contributed by atoms with Gasteiger partial charge in [0.2, 0.25) is 11.7 Å². The highest BCUT2D eigenvalue weighted by molar-refractivity contribution is 5.93. The molecule has 2 aromatic carbocycles. The molecular weight excluding hydrogens is 436 g/mol. The number of carboxylic acids is 1. The topological polar surface area (TPSA) is 116 Å². The Morgan fingerprint density at radius 2 is 1.71 bits per heavy atom. The Bertz CT molecular complexity index is 1050. The van der Waals surface area contributed by atoms with Crippen LogP contribution in [0.5, 0.6) is 0 Å². The number of hydrogen-bond acceptors (Lipinski definition) is 5. The highest BCUT2D eigenvalue weighted by Crippen LogP contribution is 2.26. The fourth-order valence-corrected chi connectivity index (χ4v) is 3.97. The maximum absolute atomic E-state index is 13.5. The van der Waals surface area contributed by atoms with Crippen LogP contribution in [0.15, 0.2) is 66.4 Å². The van der Waals surface area contributed by atoms with Crippen LogP contribution >= 0.6 is 0 Å². The molecule has 0 spiro atoms. The van der Waals surface area contributed by atoms with E-state index in [4.69, 9.17) is 4.74 Å². The van der Waals surface area contributed by atoms with Gasteiger partial charge >= 0.3 is 5.97 Å². The molecule has 2 aromatic rings. The monoisotopic (exact) mass is 466 g/mol. The molecule has 0 saturated heterocycles. The van der Waals surface area contributed by atoms with Crippen LogP contribution in [0, 0.1) is 0 Å². The van der Waals surface area contributed by atoms with Gasteiger partial charge in [-0.25, -0.2) is 4.79 Å². The van der Waals surface area contributed by atoms with Gasteiger partial charge in [-0.1, -0.05) is 61.5 Å². The summed E-state index contributed by atoms with van der Waals surface area (Å²) in [5.74, 6) is -3.05. The minimum atomic E-state index is -2.23. The normalized spacial score (nSPS) is 19.5. The van der Waals surface area contributed by atoms with Crippen LogP contribution in [-0.2, 0) is 25.5 Å². The molecule has 0 saturated carbocycles. The van der Waals surface area contributed by atoms with Gasteiger partial charge in [-0.2, -0.15) is 0 Å². The van der Waals surface area contributed by atoms with E-state index in [-0.39, 0.29) is 6.61 Å². The summed E-state index contributed by atoms with van der Waals surface area (Å²) in [4.78, 5) is 38.0. The first-order chi connectivity index (χ1) is 16.2. The first-order valence-corrected chi connectivity index (χ1v) is 11.3. The van der Waals surface area contributed by atoms with E-state index in [1.807, 2.05) is 61.5 Å². The number of nitrogens with one attached hydrogen (secondary N) is 1. The van der Waals surface area contributed by atoms with Gasteiger partial charge in [0.1, 0.15) is 12.6 Å². The Balaban J connectivity index is 1.78. The third-order valence-corrected chi connectivity index (χ3v) is 5.73. The highest BCUT2D eigenvalue weighted by Gasteiger charge is 2.49. The standard InChI is InChI=1S/C26H30N2O6/c1-3-14-28(15-13-19-9-11-21(12-10-19)20-7-5-4-6-8-20)25(32)26(33)16-22(24(30)31)34-17-23(26)27-18(2)29/h4-12,16,23,33H,3,13-15,17H2,1-2H3,(H,27,29)(H,30,31)/t23-,26+/m1/s1. The fourth-order valence-electron chi connectivity index (χ4n) is 3.97. The molecule has 1 aliphatic rings. The van der Waals surface area contributed by atoms with Crippen LogP contribution in [-0.4, -0.2) is 64.2 Å². The molecule has 0 aliphatic carbocycles. The van der Waals surface area contributed by atoms with Crippen LogP contribution in [0.4, 0.5) is 0 Å². The molecule has 0 aromatic heterocycles. The van der Waals surface area contributed by atoms with Crippen molar-refractivity contribution in [3.8, 4) is 11.1 Å². The van der Waals surface area contributed by atoms with E-state index in [9.17, 15) is 24.6 Å². The SMILES string of the molecule is CCCN(CCc1ccc(-c2ccccc2)cc1)C(=O)[C@]1(O)C=C(C(=O)O)OC[C@H]1NC(C)=O. The predicted octanol–water partition coefficient (Wildman–Crippen LogP) is 2.37. The first kappa shape index (κ1) is 25.0. The molecule has 3 rings (SSSR count). The van der Waals surface area contributed by atoms with E-state index in [1.54, 1.807) is 0 Å². The summed E-state index contributed by atoms with van der Waals surface area (Å²) in [7, 11) is 0. The zero-order chi connectivity index (χ0) is 24.7. The lowest BCUT2D eigenvalue weighted by molar-refractivity contribution is -0.154. The Labute approximate surface area is 198 Å². The van der Waals surface area contributed by atoms with Crippen molar-refractivity contribution in [2.24, 2.45) is 0 Å². The first-order valence-electron chi connectivity index (χ1n) is 11.3. The largest absolute Gasteiger partial charge is 0.484 e. The summed E-state index contributed by atoms with van der Waals surface area (Å²) in [5.41, 5.74) is 0.993. The van der Waals surface area contributed by atoms with E-state index in [0.717, 1.165) is 22.8 Å². The number of carbonyl (C=O) groups excluding carboxylic acids is 2. The summed E-state index contributed by atoms with van der Waals surface area (Å²) >= 11 is 0. The zero-order valence-corrected chi connectivity index (χ0v) is 19.4. The second-order valence-electron chi connectivity index (χ2n) is 8.31. The summed E-state index contributed by atoms with van der Waals surface area (Å²) < 4.78 is 5.13. The number of aliphatic hydroxyl groups is 1. The fraction of sp³-hybridized carbons (Fsp3) is 0.346. The van der Waals surface area contributed by atoms with E-state index in [1.165, 1.54) is 11.8 Å². The molecule has 8 heteroatoms. The number of carbonyl (C=O) groups is 3. The van der Waals surface area contributed by atoms with Gasteiger partial charge in [-0.05, 0) is 29.5 Å². The van der Waals surface area contributed by atoms with Crippen molar-refractivity contribution < 1.29 is 29.3 Å². The van der Waals surface area contributed by atoms with Gasteiger partial charge in [0.15, 0.2) is 5.60 Å². The van der Waals surface area contributed by atoms with Crippen molar-refractivity contribution in [1.82, 2.24) is 10.2 Å². The molecule has 2 atom stereocenters. The van der Waals surface area contributed by atoms with Gasteiger partial charge in [-0.15, -0.1) is 0 Å². The van der Waals surface area contributed by atoms with Crippen LogP contribution in [0.1, 0.15) is 25.8 Å². The number of carboxylic acid groups (broad SMARTS) is 1. The number of hydrogen-bond donors (Lipinski definition) is 3. The Morgan fingerprint density at radius 3 is 2.29 bits per heavy atom. The van der Waals surface area contributed by atoms with Gasteiger partial charge in [0.25, 0.3) is 5.91 Å². The summed E-state index contributed by atoms with van der Waals surface area (Å²) in [6.07, 6.45) is 2.08. The number of nitrogens with zero attached hydrogens (tertiary/aromatic N) is 1. The van der Waals surface area contributed by atoms with Gasteiger partial charge < -0.3 is 25.2 Å². The third kappa shape index (κ3) is 5.82. The molecule has 2 amide bonds. The molecule has 34 heavy (non-hydrogen) atoms.